The molecule has 0 saturated carbocycles. The quantitative estimate of drug-likeness (QED) is 0.176. The van der Waals surface area contributed by atoms with E-state index in [1.54, 1.807) is 0 Å². The van der Waals surface area contributed by atoms with Crippen molar-refractivity contribution in [3.8, 4) is 55.6 Å². The number of fused-ring (bicyclic) bond motifs is 26. The maximum absolute atomic E-state index is 7.06. The monoisotopic (exact) mass is 1030 g/mol. The van der Waals surface area contributed by atoms with Crippen LogP contribution in [0.2, 0.25) is 0 Å². The average Bonchev–Trinajstić information content (AvgIpc) is 3.98. The summed E-state index contributed by atoms with van der Waals surface area (Å²) in [6, 6.07) is 81.9. The fraction of sp³-hybridized carbons (Fsp3) is 0.143. The number of hydrogen-bond acceptors (Lipinski definition) is 3. The van der Waals surface area contributed by atoms with Crippen LogP contribution in [0, 0.1) is 0 Å². The Kier molecular flexibility index (Phi) is 8.90. The molecular formula is C77H57NO2. The Labute approximate surface area is 466 Å². The summed E-state index contributed by atoms with van der Waals surface area (Å²) in [5.74, 6) is 0. The van der Waals surface area contributed by atoms with Crippen molar-refractivity contribution in [2.45, 2.75) is 70.1 Å². The predicted octanol–water partition coefficient (Wildman–Crippen LogP) is 20.9. The molecule has 0 amide bonds. The molecule has 11 aromatic carbocycles. The summed E-state index contributed by atoms with van der Waals surface area (Å²) < 4.78 is 14.1. The molecule has 0 bridgehead atoms. The van der Waals surface area contributed by atoms with Crippen molar-refractivity contribution < 1.29 is 8.83 Å². The summed E-state index contributed by atoms with van der Waals surface area (Å²) in [5, 5.41) is 4.67. The van der Waals surface area contributed by atoms with Gasteiger partial charge in [-0.25, -0.2) is 0 Å². The van der Waals surface area contributed by atoms with E-state index in [1.165, 1.54) is 100.0 Å². The van der Waals surface area contributed by atoms with E-state index < -0.39 is 5.41 Å². The molecule has 1 spiro atoms. The second-order valence-corrected chi connectivity index (χ2v) is 25.0. The SMILES string of the molecule is CC(C)(C)c1ccc(N(c2ccc3c(c2)C(C)(C)c2c4c(c5oc6ccccc6c5c2-3)-c2ccccc2C4(C)C)c2ccc3c(c2)C2(c4ccccc4-c4ccccc42)c2cc(-c4ccccc4)c4oc5ccccc5c4c2-3)cc1. The zero-order valence-corrected chi connectivity index (χ0v) is 46.0. The molecule has 0 N–H and O–H groups in total. The Morgan fingerprint density at radius 2 is 0.825 bits per heavy atom. The topological polar surface area (TPSA) is 29.5 Å². The summed E-state index contributed by atoms with van der Waals surface area (Å²) in [7, 11) is 0. The fourth-order valence-electron chi connectivity index (χ4n) is 15.7. The molecule has 2 heterocycles. The van der Waals surface area contributed by atoms with Gasteiger partial charge in [-0.2, -0.15) is 0 Å². The van der Waals surface area contributed by atoms with Crippen LogP contribution in [-0.2, 0) is 21.7 Å². The van der Waals surface area contributed by atoms with Gasteiger partial charge in [0, 0.05) is 60.6 Å². The molecule has 4 aliphatic carbocycles. The van der Waals surface area contributed by atoms with Crippen LogP contribution in [0.4, 0.5) is 17.1 Å². The van der Waals surface area contributed by atoms with Gasteiger partial charge in [0.05, 0.1) is 5.41 Å². The van der Waals surface area contributed by atoms with Gasteiger partial charge in [0.2, 0.25) is 0 Å². The highest BCUT2D eigenvalue weighted by Crippen LogP contribution is 2.67. The van der Waals surface area contributed by atoms with Crippen LogP contribution in [0.15, 0.2) is 227 Å². The molecule has 0 saturated heterocycles. The normalized spacial score (nSPS) is 15.2. The Morgan fingerprint density at radius 3 is 1.46 bits per heavy atom. The zero-order valence-electron chi connectivity index (χ0n) is 46.0. The van der Waals surface area contributed by atoms with Crippen LogP contribution >= 0.6 is 0 Å². The first-order chi connectivity index (χ1) is 38.8. The number of rotatable bonds is 4. The predicted molar refractivity (Wildman–Crippen MR) is 331 cm³/mol. The summed E-state index contributed by atoms with van der Waals surface area (Å²) in [6.45, 7) is 16.7. The van der Waals surface area contributed by atoms with Gasteiger partial charge in [0.25, 0.3) is 0 Å². The minimum absolute atomic E-state index is 0.0147. The van der Waals surface area contributed by atoms with Crippen LogP contribution in [0.25, 0.3) is 99.5 Å². The highest BCUT2D eigenvalue weighted by molar-refractivity contribution is 6.22. The first-order valence-electron chi connectivity index (χ1n) is 28.4. The van der Waals surface area contributed by atoms with Gasteiger partial charge in [-0.1, -0.05) is 212 Å². The minimum atomic E-state index is -0.642. The van der Waals surface area contributed by atoms with E-state index in [9.17, 15) is 0 Å². The largest absolute Gasteiger partial charge is 0.455 e. The molecule has 0 fully saturated rings. The molecule has 0 atom stereocenters. The Balaban J connectivity index is 0.946. The van der Waals surface area contributed by atoms with E-state index in [1.807, 2.05) is 0 Å². The van der Waals surface area contributed by atoms with E-state index in [-0.39, 0.29) is 16.2 Å². The number of furan rings is 2. The molecule has 3 heteroatoms. The molecule has 382 valence electrons. The van der Waals surface area contributed by atoms with Crippen molar-refractivity contribution in [2.75, 3.05) is 4.90 Å². The first kappa shape index (κ1) is 45.8. The molecule has 17 rings (SSSR count). The van der Waals surface area contributed by atoms with E-state index in [2.05, 4.69) is 272 Å². The third kappa shape index (κ3) is 5.69. The second-order valence-electron chi connectivity index (χ2n) is 25.0. The van der Waals surface area contributed by atoms with Crippen LogP contribution in [-0.4, -0.2) is 0 Å². The molecule has 0 radical (unpaired) electrons. The lowest BCUT2D eigenvalue weighted by molar-refractivity contribution is 0.590. The van der Waals surface area contributed by atoms with Gasteiger partial charge in [-0.05, 0) is 155 Å². The van der Waals surface area contributed by atoms with Crippen molar-refractivity contribution in [3.05, 3.63) is 268 Å². The lowest BCUT2D eigenvalue weighted by Gasteiger charge is -2.33. The number of anilines is 3. The summed E-state index contributed by atoms with van der Waals surface area (Å²) in [6.07, 6.45) is 0. The van der Waals surface area contributed by atoms with Gasteiger partial charge in [0.15, 0.2) is 0 Å². The third-order valence-corrected chi connectivity index (χ3v) is 19.2. The van der Waals surface area contributed by atoms with Gasteiger partial charge in [-0.3, -0.25) is 0 Å². The lowest BCUT2D eigenvalue weighted by Crippen LogP contribution is -2.26. The van der Waals surface area contributed by atoms with E-state index >= 15 is 0 Å². The smallest absolute Gasteiger partial charge is 0.144 e. The zero-order chi connectivity index (χ0) is 53.8. The lowest BCUT2D eigenvalue weighted by atomic mass is 9.70. The number of nitrogens with zero attached hydrogens (tertiary/aromatic N) is 1. The highest BCUT2D eigenvalue weighted by Gasteiger charge is 2.54. The number of benzene rings is 11. The summed E-state index contributed by atoms with van der Waals surface area (Å²) in [4.78, 5) is 2.53. The Bertz CT molecular complexity index is 4810. The molecular weight excluding hydrogens is 971 g/mol. The molecule has 13 aromatic rings. The maximum atomic E-state index is 7.06. The molecule has 0 aliphatic heterocycles. The van der Waals surface area contributed by atoms with Gasteiger partial charge < -0.3 is 13.7 Å². The minimum Gasteiger partial charge on any atom is -0.455 e. The highest BCUT2D eigenvalue weighted by atomic mass is 16.3. The van der Waals surface area contributed by atoms with Gasteiger partial charge in [0.1, 0.15) is 22.3 Å². The van der Waals surface area contributed by atoms with E-state index in [0.29, 0.717) is 0 Å². The molecule has 0 unspecified atom stereocenters. The van der Waals surface area contributed by atoms with Crippen molar-refractivity contribution >= 4 is 60.9 Å². The van der Waals surface area contributed by atoms with Gasteiger partial charge >= 0.3 is 0 Å². The maximum Gasteiger partial charge on any atom is 0.144 e. The van der Waals surface area contributed by atoms with Crippen molar-refractivity contribution in [1.29, 1.82) is 0 Å². The molecule has 3 nitrogen and oxygen atoms in total. The summed E-state index contributed by atoms with van der Waals surface area (Å²) in [5.41, 5.74) is 30.1. The second kappa shape index (κ2) is 15.6. The van der Waals surface area contributed by atoms with Crippen molar-refractivity contribution in [1.82, 2.24) is 0 Å². The molecule has 4 aliphatic rings. The fourth-order valence-corrected chi connectivity index (χ4v) is 15.7. The van der Waals surface area contributed by atoms with Crippen LogP contribution in [0.1, 0.15) is 98.5 Å². The van der Waals surface area contributed by atoms with Gasteiger partial charge in [-0.15, -0.1) is 0 Å². The molecule has 2 aromatic heterocycles. The van der Waals surface area contributed by atoms with Crippen molar-refractivity contribution in [2.24, 2.45) is 0 Å². The standard InChI is InChI=1S/C77H57NO2/c1-74(2,3)45-33-35-46(36-34-45)78(47-37-39-52-60(41-47)76(6,7)70-66(52)68-55-27-15-20-32-64(55)80-73(68)69-51-25-13-16-28-57(51)75(4,5)71(69)70)48-38-40-53-61(42-48)77(58-29-17-11-23-49(58)50-24-12-18-30-59(50)77)62-43-56(44-21-9-8-10-22-44)72-67(65(53)62)54-26-14-19-31-63(54)79-72/h8-43H,1-7H3. The Hall–Kier alpha value is -9.18. The van der Waals surface area contributed by atoms with Crippen molar-refractivity contribution in [3.63, 3.8) is 0 Å². The number of para-hydroxylation sites is 2. The van der Waals surface area contributed by atoms with E-state index in [4.69, 9.17) is 8.83 Å². The summed E-state index contributed by atoms with van der Waals surface area (Å²) >= 11 is 0. The number of hydrogen-bond donors (Lipinski definition) is 0. The van der Waals surface area contributed by atoms with Crippen LogP contribution < -0.4 is 4.90 Å². The van der Waals surface area contributed by atoms with Crippen LogP contribution in [0.3, 0.4) is 0 Å². The first-order valence-corrected chi connectivity index (χ1v) is 28.4. The van der Waals surface area contributed by atoms with Crippen LogP contribution in [0.5, 0.6) is 0 Å². The Morgan fingerprint density at radius 1 is 0.350 bits per heavy atom. The average molecular weight is 1030 g/mol. The van der Waals surface area contributed by atoms with E-state index in [0.717, 1.165) is 66.7 Å². The third-order valence-electron chi connectivity index (χ3n) is 19.2. The molecule has 80 heavy (non-hydrogen) atoms.